The maximum absolute atomic E-state index is 13.4. The van der Waals surface area contributed by atoms with Crippen LogP contribution in [0.3, 0.4) is 0 Å². The van der Waals surface area contributed by atoms with Crippen molar-refractivity contribution >= 4 is 29.2 Å². The molecule has 4 amide bonds. The average molecular weight is 476 g/mol. The molecule has 0 bridgehead atoms. The van der Waals surface area contributed by atoms with Crippen LogP contribution in [0.5, 0.6) is 5.75 Å². The molecule has 1 fully saturated rings. The molecule has 1 heterocycles. The van der Waals surface area contributed by atoms with Gasteiger partial charge in [-0.2, -0.15) is 0 Å². The fourth-order valence-electron chi connectivity index (χ4n) is 3.99. The largest absolute Gasteiger partial charge is 0.494 e. The van der Waals surface area contributed by atoms with Gasteiger partial charge in [0.1, 0.15) is 17.6 Å². The van der Waals surface area contributed by atoms with Crippen LogP contribution in [-0.2, 0) is 16.1 Å². The molecule has 1 aliphatic heterocycles. The first-order chi connectivity index (χ1) is 16.9. The number of imide groups is 1. The van der Waals surface area contributed by atoms with Gasteiger partial charge < -0.3 is 15.0 Å². The maximum atomic E-state index is 13.4. The number of nitrogens with one attached hydrogen (secondary N) is 1. The van der Waals surface area contributed by atoms with Gasteiger partial charge in [0.25, 0.3) is 5.91 Å². The summed E-state index contributed by atoms with van der Waals surface area (Å²) in [7, 11) is 0. The van der Waals surface area contributed by atoms with E-state index >= 15 is 0 Å². The van der Waals surface area contributed by atoms with Crippen LogP contribution in [0.2, 0.25) is 0 Å². The highest BCUT2D eigenvalue weighted by Gasteiger charge is 2.46. The third kappa shape index (κ3) is 5.48. The van der Waals surface area contributed by atoms with Crippen LogP contribution in [0.25, 0.3) is 0 Å². The number of anilines is 2. The molecule has 0 radical (unpaired) electrons. The smallest absolute Gasteiger partial charge is 0.332 e. The van der Waals surface area contributed by atoms with Crippen molar-refractivity contribution in [2.75, 3.05) is 16.8 Å². The van der Waals surface area contributed by atoms with Crippen molar-refractivity contribution in [3.05, 3.63) is 89.7 Å². The van der Waals surface area contributed by atoms with Gasteiger partial charge in [0.2, 0.25) is 5.91 Å². The molecule has 0 aliphatic carbocycles. The molecule has 35 heavy (non-hydrogen) atoms. The van der Waals surface area contributed by atoms with E-state index in [1.165, 1.54) is 17.0 Å². The second-order valence-corrected chi connectivity index (χ2v) is 8.28. The molecule has 3 aromatic rings. The summed E-state index contributed by atoms with van der Waals surface area (Å²) in [6, 6.07) is 18.1. The quantitative estimate of drug-likeness (QED) is 0.470. The topological polar surface area (TPSA) is 79.0 Å². The number of halogens is 1. The number of carbonyl (C=O) groups is 3. The molecule has 0 spiro atoms. The number of amides is 4. The van der Waals surface area contributed by atoms with Crippen molar-refractivity contribution in [3.63, 3.8) is 0 Å². The Morgan fingerprint density at radius 3 is 2.40 bits per heavy atom. The van der Waals surface area contributed by atoms with E-state index in [4.69, 9.17) is 4.74 Å². The Hall–Kier alpha value is -4.20. The maximum Gasteiger partial charge on any atom is 0.332 e. The second-order valence-electron chi connectivity index (χ2n) is 8.28. The molecule has 1 N–H and O–H groups in total. The minimum absolute atomic E-state index is 0.0637. The van der Waals surface area contributed by atoms with E-state index in [9.17, 15) is 18.8 Å². The van der Waals surface area contributed by atoms with Crippen molar-refractivity contribution in [3.8, 4) is 5.75 Å². The average Bonchev–Trinajstić information content (AvgIpc) is 3.05. The van der Waals surface area contributed by atoms with Crippen molar-refractivity contribution in [2.24, 2.45) is 0 Å². The standard InChI is InChI=1S/C27H26FN3O4/c1-3-35-23-13-11-21(12-14-23)29-25(32)16-24-26(33)31(22-6-4-5-18(2)15-22)27(34)30(24)17-19-7-9-20(28)10-8-19/h4-15,24H,3,16-17H2,1-2H3,(H,29,32)/t24-/m0/s1. The predicted molar refractivity (Wildman–Crippen MR) is 131 cm³/mol. The van der Waals surface area contributed by atoms with Gasteiger partial charge in [0.15, 0.2) is 0 Å². The summed E-state index contributed by atoms with van der Waals surface area (Å²) in [6.07, 6.45) is -0.221. The number of benzene rings is 3. The molecular weight excluding hydrogens is 449 g/mol. The zero-order chi connectivity index (χ0) is 24.9. The normalized spacial score (nSPS) is 15.5. The van der Waals surface area contributed by atoms with Crippen LogP contribution in [-0.4, -0.2) is 35.4 Å². The monoisotopic (exact) mass is 475 g/mol. The molecule has 7 nitrogen and oxygen atoms in total. The minimum Gasteiger partial charge on any atom is -0.494 e. The Labute approximate surface area is 203 Å². The first-order valence-corrected chi connectivity index (χ1v) is 11.3. The van der Waals surface area contributed by atoms with Crippen LogP contribution < -0.4 is 15.0 Å². The molecule has 1 aliphatic rings. The molecule has 180 valence electrons. The number of ether oxygens (including phenoxy) is 1. The van der Waals surface area contributed by atoms with Gasteiger partial charge in [-0.25, -0.2) is 14.1 Å². The van der Waals surface area contributed by atoms with E-state index in [-0.39, 0.29) is 13.0 Å². The van der Waals surface area contributed by atoms with Crippen LogP contribution in [0.15, 0.2) is 72.8 Å². The Bertz CT molecular complexity index is 1230. The Morgan fingerprint density at radius 2 is 1.74 bits per heavy atom. The molecular formula is C27H26FN3O4. The van der Waals surface area contributed by atoms with E-state index in [1.807, 2.05) is 19.9 Å². The fraction of sp³-hybridized carbons (Fsp3) is 0.222. The van der Waals surface area contributed by atoms with Gasteiger partial charge in [-0.15, -0.1) is 0 Å². The van der Waals surface area contributed by atoms with Crippen LogP contribution in [0, 0.1) is 12.7 Å². The fourth-order valence-corrected chi connectivity index (χ4v) is 3.99. The zero-order valence-corrected chi connectivity index (χ0v) is 19.5. The zero-order valence-electron chi connectivity index (χ0n) is 19.5. The minimum atomic E-state index is -1.00. The Balaban J connectivity index is 1.56. The summed E-state index contributed by atoms with van der Waals surface area (Å²) >= 11 is 0. The summed E-state index contributed by atoms with van der Waals surface area (Å²) < 4.78 is 18.8. The Kier molecular flexibility index (Phi) is 7.10. The molecule has 8 heteroatoms. The number of hydrogen-bond donors (Lipinski definition) is 1. The van der Waals surface area contributed by atoms with Crippen LogP contribution >= 0.6 is 0 Å². The van der Waals surface area contributed by atoms with Crippen LogP contribution in [0.1, 0.15) is 24.5 Å². The summed E-state index contributed by atoms with van der Waals surface area (Å²) in [5.74, 6) is -0.605. The number of aryl methyl sites for hydroxylation is 1. The summed E-state index contributed by atoms with van der Waals surface area (Å²) in [5.41, 5.74) is 2.54. The number of hydrogen-bond acceptors (Lipinski definition) is 4. The third-order valence-corrected chi connectivity index (χ3v) is 5.67. The highest BCUT2D eigenvalue weighted by atomic mass is 19.1. The number of rotatable bonds is 8. The van der Waals surface area contributed by atoms with Crippen molar-refractivity contribution in [1.82, 2.24) is 4.90 Å². The van der Waals surface area contributed by atoms with Gasteiger partial charge in [0.05, 0.1) is 18.7 Å². The molecule has 0 saturated carbocycles. The number of carbonyl (C=O) groups excluding carboxylic acids is 3. The first-order valence-electron chi connectivity index (χ1n) is 11.3. The lowest BCUT2D eigenvalue weighted by Crippen LogP contribution is -2.37. The molecule has 4 rings (SSSR count). The first kappa shape index (κ1) is 23.9. The van der Waals surface area contributed by atoms with E-state index in [1.54, 1.807) is 54.6 Å². The van der Waals surface area contributed by atoms with Gasteiger partial charge in [0, 0.05) is 12.2 Å². The van der Waals surface area contributed by atoms with E-state index in [0.717, 1.165) is 10.5 Å². The summed E-state index contributed by atoms with van der Waals surface area (Å²) in [6.45, 7) is 4.35. The number of nitrogens with zero attached hydrogens (tertiary/aromatic N) is 2. The second kappa shape index (κ2) is 10.4. The lowest BCUT2D eigenvalue weighted by molar-refractivity contribution is -0.124. The van der Waals surface area contributed by atoms with Crippen molar-refractivity contribution in [2.45, 2.75) is 32.9 Å². The lowest BCUT2D eigenvalue weighted by atomic mass is 10.1. The highest BCUT2D eigenvalue weighted by molar-refractivity contribution is 6.22. The van der Waals surface area contributed by atoms with E-state index < -0.39 is 29.7 Å². The molecule has 0 unspecified atom stereocenters. The number of urea groups is 1. The van der Waals surface area contributed by atoms with E-state index in [0.29, 0.717) is 29.3 Å². The third-order valence-electron chi connectivity index (χ3n) is 5.67. The predicted octanol–water partition coefficient (Wildman–Crippen LogP) is 4.90. The highest BCUT2D eigenvalue weighted by Crippen LogP contribution is 2.29. The Morgan fingerprint density at radius 1 is 1.03 bits per heavy atom. The molecule has 1 atom stereocenters. The van der Waals surface area contributed by atoms with Crippen molar-refractivity contribution < 1.29 is 23.5 Å². The van der Waals surface area contributed by atoms with E-state index in [2.05, 4.69) is 5.32 Å². The van der Waals surface area contributed by atoms with Gasteiger partial charge in [-0.05, 0) is 73.5 Å². The lowest BCUT2D eigenvalue weighted by Gasteiger charge is -2.21. The summed E-state index contributed by atoms with van der Waals surface area (Å²) in [4.78, 5) is 42.1. The van der Waals surface area contributed by atoms with Gasteiger partial charge in [-0.1, -0.05) is 24.3 Å². The SMILES string of the molecule is CCOc1ccc(NC(=O)C[C@H]2C(=O)N(c3cccc(C)c3)C(=O)N2Cc2ccc(F)cc2)cc1. The van der Waals surface area contributed by atoms with Crippen molar-refractivity contribution in [1.29, 1.82) is 0 Å². The molecule has 0 aromatic heterocycles. The molecule has 3 aromatic carbocycles. The van der Waals surface area contributed by atoms with Crippen LogP contribution in [0.4, 0.5) is 20.6 Å². The van der Waals surface area contributed by atoms with Gasteiger partial charge in [-0.3, -0.25) is 9.59 Å². The molecule has 1 saturated heterocycles. The van der Waals surface area contributed by atoms with Gasteiger partial charge >= 0.3 is 6.03 Å². The summed E-state index contributed by atoms with van der Waals surface area (Å²) in [5, 5.41) is 2.78.